The molecule has 1 aromatic carbocycles. The minimum Gasteiger partial charge on any atom is -0.392 e. The molecule has 0 spiro atoms. The van der Waals surface area contributed by atoms with Crippen molar-refractivity contribution in [2.45, 2.75) is 19.4 Å². The molecule has 0 aliphatic carbocycles. The SMILES string of the molecule is CN(Cc1ccccc1F)C(=O)C1(C(N)=S)CCOCC1. The van der Waals surface area contributed by atoms with Crippen molar-refractivity contribution in [2.75, 3.05) is 20.3 Å². The van der Waals surface area contributed by atoms with Gasteiger partial charge in [-0.2, -0.15) is 0 Å². The van der Waals surface area contributed by atoms with Gasteiger partial charge in [0.2, 0.25) is 5.91 Å². The number of nitrogens with zero attached hydrogens (tertiary/aromatic N) is 1. The fourth-order valence-electron chi connectivity index (χ4n) is 2.60. The van der Waals surface area contributed by atoms with Gasteiger partial charge in [0.25, 0.3) is 0 Å². The number of benzene rings is 1. The van der Waals surface area contributed by atoms with Gasteiger partial charge < -0.3 is 15.4 Å². The summed E-state index contributed by atoms with van der Waals surface area (Å²) >= 11 is 5.11. The number of nitrogens with two attached hydrogens (primary N) is 1. The van der Waals surface area contributed by atoms with Crippen LogP contribution in [0.4, 0.5) is 4.39 Å². The van der Waals surface area contributed by atoms with Crippen molar-refractivity contribution in [2.24, 2.45) is 11.1 Å². The molecule has 0 saturated carbocycles. The van der Waals surface area contributed by atoms with Gasteiger partial charge in [-0.25, -0.2) is 4.39 Å². The van der Waals surface area contributed by atoms with Crippen LogP contribution in [-0.4, -0.2) is 36.1 Å². The maximum absolute atomic E-state index is 13.7. The molecule has 0 atom stereocenters. The molecule has 0 bridgehead atoms. The Morgan fingerprint density at radius 2 is 2.05 bits per heavy atom. The van der Waals surface area contributed by atoms with E-state index in [4.69, 9.17) is 22.7 Å². The quantitative estimate of drug-likeness (QED) is 0.863. The Hall–Kier alpha value is -1.53. The topological polar surface area (TPSA) is 55.6 Å². The molecule has 2 N–H and O–H groups in total. The summed E-state index contributed by atoms with van der Waals surface area (Å²) < 4.78 is 19.0. The van der Waals surface area contributed by atoms with Gasteiger partial charge >= 0.3 is 0 Å². The molecule has 1 saturated heterocycles. The number of halogens is 1. The third-order valence-electron chi connectivity index (χ3n) is 3.94. The predicted octanol–water partition coefficient (Wildman–Crippen LogP) is 1.87. The molecule has 4 nitrogen and oxygen atoms in total. The van der Waals surface area contributed by atoms with E-state index in [0.717, 1.165) is 0 Å². The summed E-state index contributed by atoms with van der Waals surface area (Å²) in [5, 5.41) is 0. The zero-order valence-corrected chi connectivity index (χ0v) is 12.8. The Morgan fingerprint density at radius 1 is 1.43 bits per heavy atom. The lowest BCUT2D eigenvalue weighted by Gasteiger charge is -2.37. The molecule has 6 heteroatoms. The summed E-state index contributed by atoms with van der Waals surface area (Å²) in [7, 11) is 1.64. The molecule has 114 valence electrons. The normalized spacial score (nSPS) is 17.2. The molecule has 1 aromatic rings. The summed E-state index contributed by atoms with van der Waals surface area (Å²) in [6, 6.07) is 6.41. The predicted molar refractivity (Wildman–Crippen MR) is 82.1 cm³/mol. The van der Waals surface area contributed by atoms with Gasteiger partial charge in [0, 0.05) is 32.4 Å². The van der Waals surface area contributed by atoms with Gasteiger partial charge in [-0.3, -0.25) is 4.79 Å². The van der Waals surface area contributed by atoms with Gasteiger partial charge in [0.05, 0.1) is 4.99 Å². The smallest absolute Gasteiger partial charge is 0.235 e. The van der Waals surface area contributed by atoms with Crippen molar-refractivity contribution in [3.8, 4) is 0 Å². The summed E-state index contributed by atoms with van der Waals surface area (Å²) in [6.07, 6.45) is 0.950. The number of rotatable bonds is 4. The summed E-state index contributed by atoms with van der Waals surface area (Å²) in [5.41, 5.74) is 5.42. The van der Waals surface area contributed by atoms with E-state index in [1.54, 1.807) is 25.2 Å². The molecule has 1 heterocycles. The van der Waals surface area contributed by atoms with Crippen molar-refractivity contribution < 1.29 is 13.9 Å². The minimum atomic E-state index is -0.867. The molecule has 2 rings (SSSR count). The van der Waals surface area contributed by atoms with E-state index in [1.807, 2.05) is 0 Å². The lowest BCUT2D eigenvalue weighted by molar-refractivity contribution is -0.141. The second kappa shape index (κ2) is 6.49. The highest BCUT2D eigenvalue weighted by atomic mass is 32.1. The van der Waals surface area contributed by atoms with Crippen molar-refractivity contribution in [3.63, 3.8) is 0 Å². The van der Waals surface area contributed by atoms with E-state index in [-0.39, 0.29) is 23.3 Å². The number of carbonyl (C=O) groups is 1. The van der Waals surface area contributed by atoms with Gasteiger partial charge in [-0.05, 0) is 18.9 Å². The Morgan fingerprint density at radius 3 is 2.62 bits per heavy atom. The van der Waals surface area contributed by atoms with E-state index in [1.165, 1.54) is 11.0 Å². The fourth-order valence-corrected chi connectivity index (χ4v) is 2.90. The van der Waals surface area contributed by atoms with Crippen LogP contribution in [0.5, 0.6) is 0 Å². The standard InChI is InChI=1S/C15H19FN2O2S/c1-18(10-11-4-2-3-5-12(11)16)14(19)15(13(17)21)6-8-20-9-7-15/h2-5H,6-10H2,1H3,(H2,17,21). The number of hydrogen-bond donors (Lipinski definition) is 1. The van der Waals surface area contributed by atoms with Crippen LogP contribution in [0.25, 0.3) is 0 Å². The summed E-state index contributed by atoms with van der Waals surface area (Å²) in [5.74, 6) is -0.491. The van der Waals surface area contributed by atoms with Crippen molar-refractivity contribution >= 4 is 23.1 Å². The van der Waals surface area contributed by atoms with Crippen molar-refractivity contribution in [1.29, 1.82) is 0 Å². The average Bonchev–Trinajstić information content (AvgIpc) is 2.49. The second-order valence-corrected chi connectivity index (χ2v) is 5.75. The van der Waals surface area contributed by atoms with Crippen LogP contribution < -0.4 is 5.73 Å². The highest BCUT2D eigenvalue weighted by molar-refractivity contribution is 7.80. The minimum absolute atomic E-state index is 0.165. The van der Waals surface area contributed by atoms with Crippen LogP contribution in [-0.2, 0) is 16.1 Å². The van der Waals surface area contributed by atoms with Crippen LogP contribution in [0, 0.1) is 11.2 Å². The van der Waals surface area contributed by atoms with Crippen LogP contribution in [0.15, 0.2) is 24.3 Å². The van der Waals surface area contributed by atoms with Gasteiger partial charge in [0.15, 0.2) is 0 Å². The maximum Gasteiger partial charge on any atom is 0.235 e. The monoisotopic (exact) mass is 310 g/mol. The lowest BCUT2D eigenvalue weighted by atomic mass is 9.78. The number of thiocarbonyl (C=S) groups is 1. The second-order valence-electron chi connectivity index (χ2n) is 5.31. The maximum atomic E-state index is 13.7. The van der Waals surface area contributed by atoms with Crippen LogP contribution in [0.3, 0.4) is 0 Å². The van der Waals surface area contributed by atoms with Crippen molar-refractivity contribution in [3.05, 3.63) is 35.6 Å². The molecule has 21 heavy (non-hydrogen) atoms. The molecule has 1 fully saturated rings. The van der Waals surface area contributed by atoms with Gasteiger partial charge in [-0.15, -0.1) is 0 Å². The van der Waals surface area contributed by atoms with Gasteiger partial charge in [0.1, 0.15) is 11.2 Å². The molecule has 0 unspecified atom stereocenters. The summed E-state index contributed by atoms with van der Waals surface area (Å²) in [4.78, 5) is 14.4. The zero-order chi connectivity index (χ0) is 15.5. The van der Waals surface area contributed by atoms with Crippen LogP contribution in [0.2, 0.25) is 0 Å². The Bertz CT molecular complexity index is 544. The van der Waals surface area contributed by atoms with Crippen molar-refractivity contribution in [1.82, 2.24) is 4.90 Å². The fraction of sp³-hybridized carbons (Fsp3) is 0.467. The molecule has 1 aliphatic rings. The third kappa shape index (κ3) is 3.22. The Labute approximate surface area is 129 Å². The Balaban J connectivity index is 2.17. The van der Waals surface area contributed by atoms with E-state index in [2.05, 4.69) is 0 Å². The highest BCUT2D eigenvalue weighted by Crippen LogP contribution is 2.33. The van der Waals surface area contributed by atoms with E-state index < -0.39 is 5.41 Å². The largest absolute Gasteiger partial charge is 0.392 e. The molecular formula is C15H19FN2O2S. The first-order valence-electron chi connectivity index (χ1n) is 6.84. The number of hydrogen-bond acceptors (Lipinski definition) is 3. The first-order chi connectivity index (χ1) is 9.97. The van der Waals surface area contributed by atoms with Gasteiger partial charge in [-0.1, -0.05) is 30.4 Å². The Kier molecular flexibility index (Phi) is 4.90. The average molecular weight is 310 g/mol. The number of amides is 1. The first kappa shape index (κ1) is 15.9. The first-order valence-corrected chi connectivity index (χ1v) is 7.25. The van der Waals surface area contributed by atoms with Crippen LogP contribution >= 0.6 is 12.2 Å². The number of carbonyl (C=O) groups excluding carboxylic acids is 1. The molecule has 1 aliphatic heterocycles. The van der Waals surface area contributed by atoms with E-state index in [9.17, 15) is 9.18 Å². The van der Waals surface area contributed by atoms with E-state index >= 15 is 0 Å². The molecule has 0 radical (unpaired) electrons. The number of ether oxygens (including phenoxy) is 1. The zero-order valence-electron chi connectivity index (χ0n) is 12.0. The summed E-state index contributed by atoms with van der Waals surface area (Å²) in [6.45, 7) is 1.10. The molecule has 1 amide bonds. The highest BCUT2D eigenvalue weighted by Gasteiger charge is 2.44. The molecular weight excluding hydrogens is 291 g/mol. The molecule has 0 aromatic heterocycles. The van der Waals surface area contributed by atoms with E-state index in [0.29, 0.717) is 31.6 Å². The van der Waals surface area contributed by atoms with Crippen LogP contribution in [0.1, 0.15) is 18.4 Å². The third-order valence-corrected chi connectivity index (χ3v) is 4.33. The lowest BCUT2D eigenvalue weighted by Crippen LogP contribution is -2.52.